The van der Waals surface area contributed by atoms with Crippen molar-refractivity contribution >= 4 is 45.8 Å². The number of anilines is 1. The number of ether oxygens (including phenoxy) is 1. The summed E-state index contributed by atoms with van der Waals surface area (Å²) in [6.45, 7) is 0.469. The van der Waals surface area contributed by atoms with Crippen LogP contribution >= 0.6 is 22.6 Å². The number of halogens is 1. The largest absolute Gasteiger partial charge is 0.504 e. The maximum atomic E-state index is 11.8. The third kappa shape index (κ3) is 5.20. The highest BCUT2D eigenvalue weighted by Gasteiger charge is 2.36. The minimum atomic E-state index is -1.05. The third-order valence-electron chi connectivity index (χ3n) is 5.27. The first-order valence-corrected chi connectivity index (χ1v) is 11.2. The quantitative estimate of drug-likeness (QED) is 0.310. The normalized spacial score (nSPS) is 18.7. The molecule has 9 heteroatoms. The van der Waals surface area contributed by atoms with Crippen molar-refractivity contribution in [3.63, 3.8) is 0 Å². The molecule has 2 unspecified atom stereocenters. The Morgan fingerprint density at radius 3 is 2.70 bits per heavy atom. The first-order chi connectivity index (χ1) is 16.0. The average molecular weight is 559 g/mol. The van der Waals surface area contributed by atoms with E-state index in [1.54, 1.807) is 30.3 Å². The maximum absolute atomic E-state index is 11.8. The van der Waals surface area contributed by atoms with Gasteiger partial charge in [0.2, 0.25) is 0 Å². The SMILES string of the molecule is COc1cc(C2ONC(=Nc3ccc(I)cc3C(=O)O)C2CNc2ccccc2)ccc1O. The number of methoxy groups -OCH3 is 1. The fraction of sp³-hybridized carbons (Fsp3) is 0.167. The molecule has 0 aliphatic carbocycles. The van der Waals surface area contributed by atoms with E-state index in [2.05, 4.69) is 38.4 Å². The minimum absolute atomic E-state index is 0.0324. The molecule has 4 N–H and O–H groups in total. The molecule has 8 nitrogen and oxygen atoms in total. The first-order valence-electron chi connectivity index (χ1n) is 10.1. The molecule has 0 spiro atoms. The zero-order valence-corrected chi connectivity index (χ0v) is 19.8. The number of para-hydroxylation sites is 1. The lowest BCUT2D eigenvalue weighted by atomic mass is 9.94. The van der Waals surface area contributed by atoms with Crippen molar-refractivity contribution in [1.29, 1.82) is 0 Å². The topological polar surface area (TPSA) is 112 Å². The number of aromatic hydroxyl groups is 1. The van der Waals surface area contributed by atoms with E-state index < -0.39 is 12.1 Å². The number of hydroxylamine groups is 1. The van der Waals surface area contributed by atoms with Gasteiger partial charge in [-0.3, -0.25) is 10.3 Å². The summed E-state index contributed by atoms with van der Waals surface area (Å²) >= 11 is 2.07. The van der Waals surface area contributed by atoms with Crippen molar-refractivity contribution in [2.24, 2.45) is 10.9 Å². The highest BCUT2D eigenvalue weighted by molar-refractivity contribution is 14.1. The van der Waals surface area contributed by atoms with Crippen LogP contribution in [0.15, 0.2) is 71.7 Å². The van der Waals surface area contributed by atoms with E-state index in [1.165, 1.54) is 7.11 Å². The molecule has 0 amide bonds. The van der Waals surface area contributed by atoms with Gasteiger partial charge in [0.15, 0.2) is 11.5 Å². The lowest BCUT2D eigenvalue weighted by Crippen LogP contribution is -2.26. The van der Waals surface area contributed by atoms with Gasteiger partial charge in [-0.25, -0.2) is 9.79 Å². The van der Waals surface area contributed by atoms with E-state index in [4.69, 9.17) is 9.57 Å². The predicted molar refractivity (Wildman–Crippen MR) is 133 cm³/mol. The van der Waals surface area contributed by atoms with Gasteiger partial charge in [0.25, 0.3) is 0 Å². The Morgan fingerprint density at radius 2 is 1.97 bits per heavy atom. The minimum Gasteiger partial charge on any atom is -0.504 e. The molecule has 4 rings (SSSR count). The van der Waals surface area contributed by atoms with Gasteiger partial charge in [0, 0.05) is 15.8 Å². The monoisotopic (exact) mass is 559 g/mol. The number of carboxylic acid groups (broad SMARTS) is 1. The number of aromatic carboxylic acids is 1. The van der Waals surface area contributed by atoms with Crippen LogP contribution in [-0.4, -0.2) is 35.7 Å². The van der Waals surface area contributed by atoms with Gasteiger partial charge in [-0.1, -0.05) is 24.3 Å². The summed E-state index contributed by atoms with van der Waals surface area (Å²) in [7, 11) is 1.48. The van der Waals surface area contributed by atoms with Gasteiger partial charge in [0.1, 0.15) is 11.9 Å². The number of hydrogen-bond donors (Lipinski definition) is 4. The van der Waals surface area contributed by atoms with Gasteiger partial charge in [-0.05, 0) is 70.6 Å². The van der Waals surface area contributed by atoms with Crippen LogP contribution < -0.4 is 15.5 Å². The van der Waals surface area contributed by atoms with Crippen LogP contribution in [0.2, 0.25) is 0 Å². The van der Waals surface area contributed by atoms with Crippen LogP contribution in [-0.2, 0) is 4.84 Å². The Balaban J connectivity index is 1.70. The molecule has 0 saturated carbocycles. The van der Waals surface area contributed by atoms with Gasteiger partial charge in [0.05, 0.1) is 24.3 Å². The number of carbonyl (C=O) groups is 1. The number of aliphatic imine (C=N–C) groups is 1. The van der Waals surface area contributed by atoms with E-state index in [1.807, 2.05) is 36.4 Å². The number of amidine groups is 1. The van der Waals surface area contributed by atoms with Crippen molar-refractivity contribution in [2.45, 2.75) is 6.10 Å². The van der Waals surface area contributed by atoms with E-state index in [0.29, 0.717) is 23.8 Å². The second-order valence-electron chi connectivity index (χ2n) is 7.39. The van der Waals surface area contributed by atoms with Crippen molar-refractivity contribution < 1.29 is 24.6 Å². The molecule has 3 aromatic carbocycles. The summed E-state index contributed by atoms with van der Waals surface area (Å²) in [5.41, 5.74) is 5.05. The van der Waals surface area contributed by atoms with Gasteiger partial charge in [-0.2, -0.15) is 0 Å². The van der Waals surface area contributed by atoms with Crippen molar-refractivity contribution in [3.8, 4) is 11.5 Å². The number of phenols is 1. The second-order valence-corrected chi connectivity index (χ2v) is 8.63. The fourth-order valence-corrected chi connectivity index (χ4v) is 4.09. The first kappa shape index (κ1) is 22.9. The molecule has 1 fully saturated rings. The Hall–Kier alpha value is -3.31. The molecule has 0 aromatic heterocycles. The van der Waals surface area contributed by atoms with Gasteiger partial charge in [-0.15, -0.1) is 0 Å². The number of nitrogens with zero attached hydrogens (tertiary/aromatic N) is 1. The fourth-order valence-electron chi connectivity index (χ4n) is 3.60. The molecular weight excluding hydrogens is 537 g/mol. The molecule has 3 aromatic rings. The van der Waals surface area contributed by atoms with Gasteiger partial charge >= 0.3 is 5.97 Å². The summed E-state index contributed by atoms with van der Waals surface area (Å²) < 4.78 is 6.05. The van der Waals surface area contributed by atoms with Crippen LogP contribution in [0.5, 0.6) is 11.5 Å². The summed E-state index contributed by atoms with van der Waals surface area (Å²) in [6.07, 6.45) is -0.452. The standard InChI is InChI=1S/C24H22IN3O5/c1-32-21-11-14(7-10-20(21)29)22-18(13-26-16-5-3-2-4-6-16)23(28-33-22)27-19-9-8-15(25)12-17(19)24(30)31/h2-12,18,22,26,29H,13H2,1H3,(H,27,28)(H,30,31). The Labute approximate surface area is 204 Å². The van der Waals surface area contributed by atoms with E-state index >= 15 is 0 Å². The lowest BCUT2D eigenvalue weighted by molar-refractivity contribution is 0.0294. The number of phenolic OH excluding ortho intramolecular Hbond substituents is 1. The van der Waals surface area contributed by atoms with Crippen molar-refractivity contribution in [1.82, 2.24) is 5.48 Å². The van der Waals surface area contributed by atoms with Crippen LogP contribution in [0, 0.1) is 9.49 Å². The van der Waals surface area contributed by atoms with Crippen LogP contribution in [0.1, 0.15) is 22.0 Å². The Kier molecular flexibility index (Phi) is 6.99. The molecule has 1 heterocycles. The Bertz CT molecular complexity index is 1190. The zero-order chi connectivity index (χ0) is 23.4. The van der Waals surface area contributed by atoms with Crippen molar-refractivity contribution in [3.05, 3.63) is 81.4 Å². The summed E-state index contributed by atoms with van der Waals surface area (Å²) in [6, 6.07) is 19.8. The molecule has 0 bridgehead atoms. The lowest BCUT2D eigenvalue weighted by Gasteiger charge is -2.19. The summed E-state index contributed by atoms with van der Waals surface area (Å²) in [4.78, 5) is 22.3. The molecular formula is C24H22IN3O5. The number of carboxylic acids is 1. The molecule has 33 heavy (non-hydrogen) atoms. The molecule has 1 aliphatic heterocycles. The zero-order valence-electron chi connectivity index (χ0n) is 17.7. The van der Waals surface area contributed by atoms with E-state index in [-0.39, 0.29) is 17.2 Å². The number of hydrogen-bond acceptors (Lipinski definition) is 6. The predicted octanol–water partition coefficient (Wildman–Crippen LogP) is 4.74. The van der Waals surface area contributed by atoms with Crippen molar-refractivity contribution in [2.75, 3.05) is 19.0 Å². The van der Waals surface area contributed by atoms with E-state index in [9.17, 15) is 15.0 Å². The van der Waals surface area contributed by atoms with Gasteiger partial charge < -0.3 is 20.3 Å². The van der Waals surface area contributed by atoms with Crippen LogP contribution in [0.25, 0.3) is 0 Å². The number of benzene rings is 3. The molecule has 2 atom stereocenters. The molecule has 170 valence electrons. The van der Waals surface area contributed by atoms with E-state index in [0.717, 1.165) is 14.8 Å². The maximum Gasteiger partial charge on any atom is 0.337 e. The summed E-state index contributed by atoms with van der Waals surface area (Å²) in [5, 5.41) is 23.0. The third-order valence-corrected chi connectivity index (χ3v) is 5.94. The average Bonchev–Trinajstić information content (AvgIpc) is 3.22. The smallest absolute Gasteiger partial charge is 0.337 e. The molecule has 1 saturated heterocycles. The highest BCUT2D eigenvalue weighted by atomic mass is 127. The van der Waals surface area contributed by atoms with Crippen LogP contribution in [0.4, 0.5) is 11.4 Å². The Morgan fingerprint density at radius 1 is 1.18 bits per heavy atom. The number of rotatable bonds is 7. The second kappa shape index (κ2) is 10.1. The van der Waals surface area contributed by atoms with Crippen LogP contribution in [0.3, 0.4) is 0 Å². The highest BCUT2D eigenvalue weighted by Crippen LogP contribution is 2.37. The summed E-state index contributed by atoms with van der Waals surface area (Å²) in [5.74, 6) is -0.461. The molecule has 1 aliphatic rings. The number of nitrogens with one attached hydrogen (secondary N) is 2. The molecule has 0 radical (unpaired) electrons.